The molecule has 5 rings (SSSR count). The summed E-state index contributed by atoms with van der Waals surface area (Å²) in [6.45, 7) is 4.86. The molecule has 210 valence electrons. The Hall–Kier alpha value is -3.01. The number of nitrogen functional groups attached to an aromatic ring is 1. The maximum absolute atomic E-state index is 13.3. The standard InChI is InChI=1S/C28H33N5O3S.2ClH/c1-3-37(34,35)33-26-11-10-25(36-17-24-5-4-12-32(24)18(2)29)15-23(26)16-27(33)20-8-6-19-7-9-21(28(30)31)14-22(19)13-20;;/h6-11,13-15,24,27,29H,3-5,12,16-17H2,1-2H3,(H3,30,31);2*1H/t24-,27+;;/m0../s1. The molecular formula is C28H35Cl2N5O3S. The summed E-state index contributed by atoms with van der Waals surface area (Å²) in [7, 11) is -3.53. The molecule has 4 N–H and O–H groups in total. The molecule has 0 aliphatic carbocycles. The van der Waals surface area contributed by atoms with Gasteiger partial charge in [0, 0.05) is 18.5 Å². The maximum atomic E-state index is 13.3. The summed E-state index contributed by atoms with van der Waals surface area (Å²) in [6.07, 6.45) is 2.59. The molecule has 8 nitrogen and oxygen atoms in total. The van der Waals surface area contributed by atoms with E-state index >= 15 is 0 Å². The van der Waals surface area contributed by atoms with Crippen LogP contribution in [0.5, 0.6) is 5.75 Å². The van der Waals surface area contributed by atoms with Crippen molar-refractivity contribution in [1.29, 1.82) is 10.8 Å². The number of anilines is 1. The molecule has 0 spiro atoms. The van der Waals surface area contributed by atoms with Gasteiger partial charge in [0.25, 0.3) is 0 Å². The number of hydrogen-bond acceptors (Lipinski definition) is 5. The summed E-state index contributed by atoms with van der Waals surface area (Å²) in [6, 6.07) is 17.1. The number of nitrogens with one attached hydrogen (secondary N) is 2. The van der Waals surface area contributed by atoms with Crippen LogP contribution < -0.4 is 14.8 Å². The van der Waals surface area contributed by atoms with Gasteiger partial charge in [0.05, 0.1) is 29.4 Å². The Balaban J connectivity index is 0.00000210. The molecule has 11 heteroatoms. The van der Waals surface area contributed by atoms with Gasteiger partial charge in [0.2, 0.25) is 10.0 Å². The number of halogens is 2. The summed E-state index contributed by atoms with van der Waals surface area (Å²) in [4.78, 5) is 2.08. The largest absolute Gasteiger partial charge is 0.491 e. The van der Waals surface area contributed by atoms with Gasteiger partial charge in [0.1, 0.15) is 18.2 Å². The van der Waals surface area contributed by atoms with Gasteiger partial charge in [-0.1, -0.05) is 24.3 Å². The molecule has 1 fully saturated rings. The molecule has 2 aliphatic heterocycles. The normalized spacial score (nSPS) is 18.3. The Bertz CT molecular complexity index is 1500. The van der Waals surface area contributed by atoms with E-state index < -0.39 is 10.0 Å². The van der Waals surface area contributed by atoms with Crippen molar-refractivity contribution in [2.75, 3.05) is 23.2 Å². The van der Waals surface area contributed by atoms with Crippen LogP contribution in [-0.2, 0) is 16.4 Å². The molecule has 0 unspecified atom stereocenters. The highest BCUT2D eigenvalue weighted by atomic mass is 35.5. The van der Waals surface area contributed by atoms with Crippen LogP contribution in [0.1, 0.15) is 49.4 Å². The summed E-state index contributed by atoms with van der Waals surface area (Å²) < 4.78 is 34.2. The van der Waals surface area contributed by atoms with Crippen LogP contribution in [0.25, 0.3) is 10.8 Å². The van der Waals surface area contributed by atoms with Crippen LogP contribution >= 0.6 is 24.8 Å². The number of fused-ring (bicyclic) bond motifs is 2. The first-order valence-electron chi connectivity index (χ1n) is 12.7. The van der Waals surface area contributed by atoms with E-state index in [1.807, 2.05) is 61.5 Å². The predicted molar refractivity (Wildman–Crippen MR) is 163 cm³/mol. The van der Waals surface area contributed by atoms with E-state index in [-0.39, 0.29) is 48.5 Å². The highest BCUT2D eigenvalue weighted by Gasteiger charge is 2.38. The van der Waals surface area contributed by atoms with Gasteiger partial charge >= 0.3 is 0 Å². The number of nitrogens with zero attached hydrogens (tertiary/aromatic N) is 2. The number of nitrogens with two attached hydrogens (primary N) is 1. The fourth-order valence-electron chi connectivity index (χ4n) is 5.51. The third-order valence-electron chi connectivity index (χ3n) is 7.46. The van der Waals surface area contributed by atoms with Gasteiger partial charge in [-0.3, -0.25) is 15.1 Å². The fraction of sp³-hybridized carbons (Fsp3) is 0.357. The van der Waals surface area contributed by atoms with Gasteiger partial charge in [-0.25, -0.2) is 8.42 Å². The van der Waals surface area contributed by atoms with Crippen molar-refractivity contribution >= 4 is 63.0 Å². The van der Waals surface area contributed by atoms with Crippen LogP contribution in [0.3, 0.4) is 0 Å². The minimum absolute atomic E-state index is 0. The van der Waals surface area contributed by atoms with Crippen molar-refractivity contribution < 1.29 is 13.2 Å². The predicted octanol–water partition coefficient (Wildman–Crippen LogP) is 5.26. The number of benzene rings is 3. The van der Waals surface area contributed by atoms with Gasteiger partial charge in [-0.15, -0.1) is 24.8 Å². The highest BCUT2D eigenvalue weighted by molar-refractivity contribution is 7.92. The zero-order valence-electron chi connectivity index (χ0n) is 22.0. The lowest BCUT2D eigenvalue weighted by Crippen LogP contribution is -2.37. The van der Waals surface area contributed by atoms with E-state index in [0.29, 0.717) is 35.9 Å². The monoisotopic (exact) mass is 591 g/mol. The van der Waals surface area contributed by atoms with Crippen LogP contribution in [-0.4, -0.2) is 49.9 Å². The van der Waals surface area contributed by atoms with E-state index in [9.17, 15) is 8.42 Å². The zero-order valence-corrected chi connectivity index (χ0v) is 24.5. The first-order valence-corrected chi connectivity index (χ1v) is 14.3. The molecule has 3 aromatic carbocycles. The minimum atomic E-state index is -3.53. The average molecular weight is 593 g/mol. The second kappa shape index (κ2) is 12.0. The third kappa shape index (κ3) is 5.95. The lowest BCUT2D eigenvalue weighted by molar-refractivity contribution is 0.226. The molecule has 39 heavy (non-hydrogen) atoms. The van der Waals surface area contributed by atoms with Crippen LogP contribution in [0, 0.1) is 10.8 Å². The number of ether oxygens (including phenoxy) is 1. The molecular weight excluding hydrogens is 557 g/mol. The van der Waals surface area contributed by atoms with E-state index in [2.05, 4.69) is 4.90 Å². The Labute approximate surface area is 242 Å². The number of hydrogen-bond donors (Lipinski definition) is 3. The van der Waals surface area contributed by atoms with Gasteiger partial charge in [-0.05, 0) is 78.9 Å². The molecule has 2 atom stereocenters. The molecule has 1 saturated heterocycles. The highest BCUT2D eigenvalue weighted by Crippen LogP contribution is 2.44. The van der Waals surface area contributed by atoms with Crippen molar-refractivity contribution in [2.24, 2.45) is 5.73 Å². The number of amidine groups is 2. The molecule has 0 aromatic heterocycles. The van der Waals surface area contributed by atoms with Gasteiger partial charge in [0.15, 0.2) is 0 Å². The Kier molecular flexibility index (Phi) is 9.41. The molecule has 2 heterocycles. The minimum Gasteiger partial charge on any atom is -0.491 e. The lowest BCUT2D eigenvalue weighted by atomic mass is 9.98. The molecule has 3 aromatic rings. The van der Waals surface area contributed by atoms with E-state index in [1.165, 1.54) is 0 Å². The Morgan fingerprint density at radius 2 is 1.79 bits per heavy atom. The number of likely N-dealkylation sites (tertiary alicyclic amines) is 1. The van der Waals surface area contributed by atoms with E-state index in [1.54, 1.807) is 11.2 Å². The van der Waals surface area contributed by atoms with Crippen molar-refractivity contribution in [3.8, 4) is 5.75 Å². The SMILES string of the molecule is CCS(=O)(=O)N1c2ccc(OC[C@@H]3CCCN3C(C)=N)cc2C[C@@H]1c1ccc2ccc(C(=N)N)cc2c1.Cl.Cl. The Morgan fingerprint density at radius 1 is 1.05 bits per heavy atom. The zero-order chi connectivity index (χ0) is 26.3. The van der Waals surface area contributed by atoms with Crippen molar-refractivity contribution in [3.63, 3.8) is 0 Å². The van der Waals surface area contributed by atoms with Crippen molar-refractivity contribution in [2.45, 2.75) is 45.2 Å². The molecule has 0 saturated carbocycles. The van der Waals surface area contributed by atoms with Crippen molar-refractivity contribution in [1.82, 2.24) is 4.90 Å². The second-order valence-corrected chi connectivity index (χ2v) is 12.0. The summed E-state index contributed by atoms with van der Waals surface area (Å²) in [5.41, 5.74) is 8.85. The smallest absolute Gasteiger partial charge is 0.235 e. The fourth-order valence-corrected chi connectivity index (χ4v) is 6.85. The van der Waals surface area contributed by atoms with E-state index in [4.69, 9.17) is 21.3 Å². The quantitative estimate of drug-likeness (QED) is 0.255. The summed E-state index contributed by atoms with van der Waals surface area (Å²) >= 11 is 0. The maximum Gasteiger partial charge on any atom is 0.235 e. The topological polar surface area (TPSA) is 124 Å². The second-order valence-electron chi connectivity index (χ2n) is 9.83. The van der Waals surface area contributed by atoms with Crippen LogP contribution in [0.15, 0.2) is 54.6 Å². The average Bonchev–Trinajstić information content (AvgIpc) is 3.51. The lowest BCUT2D eigenvalue weighted by Gasteiger charge is -2.27. The van der Waals surface area contributed by atoms with Crippen LogP contribution in [0.4, 0.5) is 5.69 Å². The summed E-state index contributed by atoms with van der Waals surface area (Å²) in [5.74, 6) is 1.28. The van der Waals surface area contributed by atoms with Gasteiger partial charge < -0.3 is 15.4 Å². The first-order chi connectivity index (χ1) is 17.7. The molecule has 0 amide bonds. The molecule has 0 bridgehead atoms. The molecule has 2 aliphatic rings. The summed E-state index contributed by atoms with van der Waals surface area (Å²) in [5, 5.41) is 17.7. The van der Waals surface area contributed by atoms with Crippen LogP contribution in [0.2, 0.25) is 0 Å². The third-order valence-corrected chi connectivity index (χ3v) is 9.24. The van der Waals surface area contributed by atoms with Gasteiger partial charge in [-0.2, -0.15) is 0 Å². The van der Waals surface area contributed by atoms with Crippen molar-refractivity contribution in [3.05, 3.63) is 71.3 Å². The Morgan fingerprint density at radius 3 is 2.49 bits per heavy atom. The van der Waals surface area contributed by atoms with E-state index in [0.717, 1.165) is 41.3 Å². The number of rotatable bonds is 7. The molecule has 0 radical (unpaired) electrons. The first kappa shape index (κ1) is 30.5. The number of sulfonamides is 1.